The van der Waals surface area contributed by atoms with Crippen molar-refractivity contribution < 1.29 is 22.4 Å². The van der Waals surface area contributed by atoms with Gasteiger partial charge in [0.05, 0.1) is 17.2 Å². The molecule has 3 aromatic rings. The number of aromatic nitrogens is 1. The van der Waals surface area contributed by atoms with Crippen molar-refractivity contribution in [2.24, 2.45) is 0 Å². The molecule has 0 radical (unpaired) electrons. The lowest BCUT2D eigenvalue weighted by atomic mass is 10.1. The number of carbonyl (C=O) groups excluding carboxylic acids is 1. The van der Waals surface area contributed by atoms with Gasteiger partial charge < -0.3 is 14.2 Å². The monoisotopic (exact) mass is 400 g/mol. The second-order valence-corrected chi connectivity index (χ2v) is 6.61. The number of piperazine rings is 1. The standard InChI is InChI=1S/C20H15F3N4O2/c21-13-7-12(11-24)8-14(9-13)26-3-5-27(6-4-26)20(28)15-1-2-25-16-10-17(19(22)23)29-18(15)16/h1-2,7-10,19H,3-6H2. The summed E-state index contributed by atoms with van der Waals surface area (Å²) < 4.78 is 44.7. The lowest BCUT2D eigenvalue weighted by Crippen LogP contribution is -2.48. The number of fused-ring (bicyclic) bond motifs is 1. The molecule has 6 nitrogen and oxygen atoms in total. The number of alkyl halides is 2. The van der Waals surface area contributed by atoms with Crippen LogP contribution in [0, 0.1) is 17.1 Å². The van der Waals surface area contributed by atoms with E-state index in [9.17, 15) is 18.0 Å². The molecule has 1 aromatic carbocycles. The number of hydrogen-bond acceptors (Lipinski definition) is 5. The number of rotatable bonds is 3. The van der Waals surface area contributed by atoms with Gasteiger partial charge in [0.15, 0.2) is 11.3 Å². The minimum Gasteiger partial charge on any atom is -0.452 e. The molecule has 0 spiro atoms. The van der Waals surface area contributed by atoms with Crippen LogP contribution in [-0.2, 0) is 0 Å². The molecule has 29 heavy (non-hydrogen) atoms. The van der Waals surface area contributed by atoms with Crippen LogP contribution in [0.5, 0.6) is 0 Å². The molecule has 0 bridgehead atoms. The first kappa shape index (κ1) is 18.8. The van der Waals surface area contributed by atoms with Gasteiger partial charge in [-0.3, -0.25) is 9.78 Å². The molecule has 3 heterocycles. The molecule has 1 amide bonds. The third-order valence-corrected chi connectivity index (χ3v) is 4.82. The molecule has 9 heteroatoms. The molecule has 0 aliphatic carbocycles. The van der Waals surface area contributed by atoms with Gasteiger partial charge in [0.25, 0.3) is 12.3 Å². The fourth-order valence-corrected chi connectivity index (χ4v) is 3.39. The highest BCUT2D eigenvalue weighted by Gasteiger charge is 2.26. The Bertz CT molecular complexity index is 1110. The van der Waals surface area contributed by atoms with Crippen molar-refractivity contribution >= 4 is 22.7 Å². The third-order valence-electron chi connectivity index (χ3n) is 4.82. The number of benzene rings is 1. The number of pyridine rings is 1. The van der Waals surface area contributed by atoms with E-state index in [0.29, 0.717) is 31.9 Å². The summed E-state index contributed by atoms with van der Waals surface area (Å²) in [5.74, 6) is -1.37. The molecule has 2 aromatic heterocycles. The van der Waals surface area contributed by atoms with E-state index >= 15 is 0 Å². The van der Waals surface area contributed by atoms with Crippen molar-refractivity contribution in [3.63, 3.8) is 0 Å². The van der Waals surface area contributed by atoms with Gasteiger partial charge in [0.1, 0.15) is 11.3 Å². The minimum atomic E-state index is -2.79. The van der Waals surface area contributed by atoms with Crippen LogP contribution in [0.2, 0.25) is 0 Å². The maximum atomic E-state index is 13.7. The molecular formula is C20H15F3N4O2. The summed E-state index contributed by atoms with van der Waals surface area (Å²) >= 11 is 0. The highest BCUT2D eigenvalue weighted by atomic mass is 19.3. The van der Waals surface area contributed by atoms with Crippen molar-refractivity contribution in [2.45, 2.75) is 6.43 Å². The van der Waals surface area contributed by atoms with Gasteiger partial charge in [-0.1, -0.05) is 0 Å². The molecule has 1 saturated heterocycles. The highest BCUT2D eigenvalue weighted by molar-refractivity contribution is 6.04. The largest absolute Gasteiger partial charge is 0.452 e. The Morgan fingerprint density at radius 2 is 1.93 bits per heavy atom. The smallest absolute Gasteiger partial charge is 0.295 e. The second-order valence-electron chi connectivity index (χ2n) is 6.61. The number of anilines is 1. The molecule has 0 saturated carbocycles. The lowest BCUT2D eigenvalue weighted by Gasteiger charge is -2.36. The van der Waals surface area contributed by atoms with Gasteiger partial charge in [-0.05, 0) is 24.3 Å². The molecule has 0 N–H and O–H groups in total. The van der Waals surface area contributed by atoms with Crippen molar-refractivity contribution in [3.8, 4) is 6.07 Å². The highest BCUT2D eigenvalue weighted by Crippen LogP contribution is 2.29. The van der Waals surface area contributed by atoms with Crippen LogP contribution in [0.25, 0.3) is 11.1 Å². The van der Waals surface area contributed by atoms with Crippen LogP contribution >= 0.6 is 0 Å². The zero-order valence-electron chi connectivity index (χ0n) is 15.1. The van der Waals surface area contributed by atoms with Gasteiger partial charge in [-0.15, -0.1) is 0 Å². The molecule has 1 aliphatic rings. The Kier molecular flexibility index (Phi) is 4.84. The number of carbonyl (C=O) groups is 1. The average Bonchev–Trinajstić information content (AvgIpc) is 3.18. The Morgan fingerprint density at radius 1 is 1.17 bits per heavy atom. The number of nitrogens with zero attached hydrogens (tertiary/aromatic N) is 4. The fourth-order valence-electron chi connectivity index (χ4n) is 3.39. The third kappa shape index (κ3) is 3.61. The molecular weight excluding hydrogens is 385 g/mol. The molecule has 1 aliphatic heterocycles. The van der Waals surface area contributed by atoms with Crippen LogP contribution in [-0.4, -0.2) is 42.0 Å². The number of amides is 1. The topological polar surface area (TPSA) is 73.4 Å². The number of nitriles is 1. The van der Waals surface area contributed by atoms with Crippen LogP contribution in [0.1, 0.15) is 28.1 Å². The van der Waals surface area contributed by atoms with Crippen LogP contribution in [0.3, 0.4) is 0 Å². The van der Waals surface area contributed by atoms with E-state index in [4.69, 9.17) is 9.68 Å². The van der Waals surface area contributed by atoms with E-state index in [1.54, 1.807) is 11.0 Å². The number of halogens is 3. The van der Waals surface area contributed by atoms with Gasteiger partial charge in [0, 0.05) is 44.1 Å². The number of hydrogen-bond donors (Lipinski definition) is 0. The Hall–Kier alpha value is -3.54. The Balaban J connectivity index is 1.52. The molecule has 0 unspecified atom stereocenters. The summed E-state index contributed by atoms with van der Waals surface area (Å²) in [6.07, 6.45) is -1.41. The van der Waals surface area contributed by atoms with Crippen molar-refractivity contribution in [2.75, 3.05) is 31.1 Å². The van der Waals surface area contributed by atoms with Gasteiger partial charge >= 0.3 is 0 Å². The average molecular weight is 400 g/mol. The van der Waals surface area contributed by atoms with Crippen molar-refractivity contribution in [3.05, 3.63) is 59.2 Å². The number of furan rings is 1. The molecule has 4 rings (SSSR count). The van der Waals surface area contributed by atoms with Gasteiger partial charge in [-0.25, -0.2) is 13.2 Å². The summed E-state index contributed by atoms with van der Waals surface area (Å²) in [6.45, 7) is 1.58. The van der Waals surface area contributed by atoms with E-state index in [0.717, 1.165) is 12.1 Å². The predicted molar refractivity (Wildman–Crippen MR) is 98.2 cm³/mol. The summed E-state index contributed by atoms with van der Waals surface area (Å²) in [6, 6.07) is 8.61. The Labute approximate surface area is 163 Å². The zero-order valence-corrected chi connectivity index (χ0v) is 15.1. The molecule has 1 fully saturated rings. The zero-order chi connectivity index (χ0) is 20.5. The van der Waals surface area contributed by atoms with E-state index < -0.39 is 18.0 Å². The van der Waals surface area contributed by atoms with Crippen LogP contribution < -0.4 is 4.90 Å². The van der Waals surface area contributed by atoms with E-state index in [2.05, 4.69) is 4.98 Å². The lowest BCUT2D eigenvalue weighted by molar-refractivity contribution is 0.0746. The predicted octanol–water partition coefficient (Wildman–Crippen LogP) is 3.74. The Morgan fingerprint density at radius 3 is 2.62 bits per heavy atom. The summed E-state index contributed by atoms with van der Waals surface area (Å²) in [7, 11) is 0. The van der Waals surface area contributed by atoms with Gasteiger partial charge in [-0.2, -0.15) is 5.26 Å². The molecule has 148 valence electrons. The van der Waals surface area contributed by atoms with Crippen LogP contribution in [0.4, 0.5) is 18.9 Å². The molecule has 0 atom stereocenters. The van der Waals surface area contributed by atoms with E-state index in [1.807, 2.05) is 11.0 Å². The second kappa shape index (κ2) is 7.47. The van der Waals surface area contributed by atoms with Crippen molar-refractivity contribution in [1.82, 2.24) is 9.88 Å². The SMILES string of the molecule is N#Cc1cc(F)cc(N2CCN(C(=O)c3ccnc4cc(C(F)F)oc34)CC2)c1. The first-order valence-electron chi connectivity index (χ1n) is 8.88. The van der Waals surface area contributed by atoms with Crippen molar-refractivity contribution in [1.29, 1.82) is 5.26 Å². The maximum Gasteiger partial charge on any atom is 0.295 e. The normalized spacial score (nSPS) is 14.4. The van der Waals surface area contributed by atoms with E-state index in [-0.39, 0.29) is 28.1 Å². The fraction of sp³-hybridized carbons (Fsp3) is 0.250. The summed E-state index contributed by atoms with van der Waals surface area (Å²) in [5, 5.41) is 9.00. The quantitative estimate of drug-likeness (QED) is 0.670. The summed E-state index contributed by atoms with van der Waals surface area (Å²) in [4.78, 5) is 20.4. The van der Waals surface area contributed by atoms with E-state index in [1.165, 1.54) is 18.3 Å². The first-order valence-corrected chi connectivity index (χ1v) is 8.88. The summed E-state index contributed by atoms with van der Waals surface area (Å²) in [5.41, 5.74) is 1.22. The van der Waals surface area contributed by atoms with Crippen LogP contribution in [0.15, 0.2) is 40.9 Å². The van der Waals surface area contributed by atoms with Gasteiger partial charge in [0.2, 0.25) is 0 Å². The maximum absolute atomic E-state index is 13.7. The first-order chi connectivity index (χ1) is 14.0. The minimum absolute atomic E-state index is 0.0408.